The fourth-order valence-electron chi connectivity index (χ4n) is 1.98. The first-order valence-corrected chi connectivity index (χ1v) is 7.96. The van der Waals surface area contributed by atoms with Crippen LogP contribution >= 0.6 is 15.9 Å². The van der Waals surface area contributed by atoms with Gasteiger partial charge in [-0.05, 0) is 33.6 Å². The summed E-state index contributed by atoms with van der Waals surface area (Å²) >= 11 is 3.57. The summed E-state index contributed by atoms with van der Waals surface area (Å²) in [5.74, 6) is 1.90. The third-order valence-corrected chi connectivity index (χ3v) is 3.83. The molecule has 114 valence electrons. The van der Waals surface area contributed by atoms with Gasteiger partial charge >= 0.3 is 0 Å². The lowest BCUT2D eigenvalue weighted by Crippen LogP contribution is -2.21. The predicted molar refractivity (Wildman–Crippen MR) is 88.5 cm³/mol. The van der Waals surface area contributed by atoms with Crippen molar-refractivity contribution < 1.29 is 4.74 Å². The molecule has 0 atom stereocenters. The first-order valence-electron chi connectivity index (χ1n) is 7.17. The van der Waals surface area contributed by atoms with Crippen molar-refractivity contribution in [2.45, 2.75) is 32.9 Å². The van der Waals surface area contributed by atoms with Crippen molar-refractivity contribution in [2.24, 2.45) is 7.05 Å². The Morgan fingerprint density at radius 1 is 1.38 bits per heavy atom. The summed E-state index contributed by atoms with van der Waals surface area (Å²) in [5, 5.41) is 3.40. The van der Waals surface area contributed by atoms with E-state index >= 15 is 0 Å². The molecule has 0 bridgehead atoms. The van der Waals surface area contributed by atoms with Crippen molar-refractivity contribution in [3.8, 4) is 5.75 Å². The maximum Gasteiger partial charge on any atom is 0.133 e. The summed E-state index contributed by atoms with van der Waals surface area (Å²) in [6.07, 6.45) is 4.55. The Hall–Kier alpha value is -1.33. The fourth-order valence-corrected chi connectivity index (χ4v) is 2.52. The molecule has 21 heavy (non-hydrogen) atoms. The molecule has 0 spiro atoms. The van der Waals surface area contributed by atoms with Gasteiger partial charge in [0.05, 0.1) is 11.1 Å². The van der Waals surface area contributed by atoms with Crippen LogP contribution in [-0.4, -0.2) is 22.2 Å². The van der Waals surface area contributed by atoms with Gasteiger partial charge in [-0.3, -0.25) is 0 Å². The first-order chi connectivity index (χ1) is 10.1. The predicted octanol–water partition coefficient (Wildman–Crippen LogP) is 3.30. The molecule has 0 saturated heterocycles. The molecule has 0 unspecified atom stereocenters. The first kappa shape index (κ1) is 16.0. The van der Waals surface area contributed by atoms with Gasteiger partial charge in [0, 0.05) is 38.4 Å². The number of aromatic nitrogens is 2. The lowest BCUT2D eigenvalue weighted by Gasteiger charge is -2.11. The molecule has 0 saturated carbocycles. The van der Waals surface area contributed by atoms with Crippen LogP contribution in [-0.2, 0) is 20.0 Å². The molecular weight excluding hydrogens is 330 g/mol. The molecular formula is C16H22BrN3O. The molecule has 4 nitrogen and oxygen atoms in total. The van der Waals surface area contributed by atoms with Crippen molar-refractivity contribution in [3.63, 3.8) is 0 Å². The van der Waals surface area contributed by atoms with Crippen LogP contribution in [0.4, 0.5) is 0 Å². The number of ether oxygens (including phenoxy) is 1. The average Bonchev–Trinajstić information content (AvgIpc) is 2.84. The summed E-state index contributed by atoms with van der Waals surface area (Å²) in [7, 11) is 1.99. The van der Waals surface area contributed by atoms with Crippen LogP contribution in [0.1, 0.15) is 25.2 Å². The summed E-state index contributed by atoms with van der Waals surface area (Å²) in [5.41, 5.74) is 1.24. The van der Waals surface area contributed by atoms with Crippen molar-refractivity contribution in [3.05, 3.63) is 46.5 Å². The fraction of sp³-hybridized carbons (Fsp3) is 0.438. The largest absolute Gasteiger partial charge is 0.492 e. The molecule has 1 N–H and O–H groups in total. The molecule has 1 heterocycles. The van der Waals surface area contributed by atoms with Crippen molar-refractivity contribution in [1.29, 1.82) is 0 Å². The van der Waals surface area contributed by atoms with Crippen LogP contribution < -0.4 is 10.1 Å². The maximum atomic E-state index is 5.83. The summed E-state index contributed by atoms with van der Waals surface area (Å²) in [4.78, 5) is 4.29. The molecule has 0 amide bonds. The number of hydrogen-bond acceptors (Lipinski definition) is 3. The summed E-state index contributed by atoms with van der Waals surface area (Å²) in [6.45, 7) is 5.77. The number of imidazole rings is 1. The molecule has 0 aliphatic carbocycles. The van der Waals surface area contributed by atoms with Crippen LogP contribution in [0.15, 0.2) is 35.1 Å². The van der Waals surface area contributed by atoms with E-state index in [2.05, 4.69) is 52.2 Å². The number of aryl methyl sites for hydroxylation is 1. The lowest BCUT2D eigenvalue weighted by atomic mass is 10.2. The van der Waals surface area contributed by atoms with Gasteiger partial charge in [-0.2, -0.15) is 0 Å². The Morgan fingerprint density at radius 3 is 2.81 bits per heavy atom. The number of benzene rings is 1. The third kappa shape index (κ3) is 4.86. The van der Waals surface area contributed by atoms with Gasteiger partial charge in [-0.15, -0.1) is 0 Å². The van der Waals surface area contributed by atoms with Gasteiger partial charge in [0.15, 0.2) is 0 Å². The van der Waals surface area contributed by atoms with Crippen LogP contribution in [0, 0.1) is 0 Å². The molecule has 2 aromatic rings. The molecule has 0 aliphatic rings. The smallest absolute Gasteiger partial charge is 0.133 e. The average molecular weight is 352 g/mol. The number of nitrogens with one attached hydrogen (secondary N) is 1. The SMILES string of the molecule is CC(C)NCc1ccc(OCCc2nccn2C)c(Br)c1. The lowest BCUT2D eigenvalue weighted by molar-refractivity contribution is 0.315. The maximum absolute atomic E-state index is 5.83. The minimum Gasteiger partial charge on any atom is -0.492 e. The van der Waals surface area contributed by atoms with E-state index in [-0.39, 0.29) is 0 Å². The second kappa shape index (κ2) is 7.61. The van der Waals surface area contributed by atoms with E-state index in [1.165, 1.54) is 5.56 Å². The Morgan fingerprint density at radius 2 is 2.19 bits per heavy atom. The molecule has 0 fully saturated rings. The van der Waals surface area contributed by atoms with E-state index < -0.39 is 0 Å². The Bertz CT molecular complexity index is 581. The zero-order valence-electron chi connectivity index (χ0n) is 12.8. The molecule has 2 rings (SSSR count). The van der Waals surface area contributed by atoms with Crippen LogP contribution in [0.5, 0.6) is 5.75 Å². The number of halogens is 1. The molecule has 5 heteroatoms. The van der Waals surface area contributed by atoms with Gasteiger partial charge in [0.2, 0.25) is 0 Å². The third-order valence-electron chi connectivity index (χ3n) is 3.21. The Balaban J connectivity index is 1.87. The van der Waals surface area contributed by atoms with Crippen LogP contribution in [0.2, 0.25) is 0 Å². The van der Waals surface area contributed by atoms with E-state index in [1.807, 2.05) is 30.1 Å². The monoisotopic (exact) mass is 351 g/mol. The Kier molecular flexibility index (Phi) is 5.82. The molecule has 0 aliphatic heterocycles. The minimum absolute atomic E-state index is 0.484. The molecule has 1 aromatic carbocycles. The zero-order valence-corrected chi connectivity index (χ0v) is 14.4. The molecule has 0 radical (unpaired) electrons. The highest BCUT2D eigenvalue weighted by Crippen LogP contribution is 2.26. The standard InChI is InChI=1S/C16H22BrN3O/c1-12(2)19-11-13-4-5-15(14(17)10-13)21-9-6-16-18-7-8-20(16)3/h4-5,7-8,10,12,19H,6,9,11H2,1-3H3. The second-order valence-electron chi connectivity index (χ2n) is 5.35. The highest BCUT2D eigenvalue weighted by atomic mass is 79.9. The normalized spacial score (nSPS) is 11.1. The van der Waals surface area contributed by atoms with E-state index in [0.717, 1.165) is 29.0 Å². The quantitative estimate of drug-likeness (QED) is 0.831. The van der Waals surface area contributed by atoms with Crippen LogP contribution in [0.25, 0.3) is 0 Å². The number of rotatable bonds is 7. The number of nitrogens with zero attached hydrogens (tertiary/aromatic N) is 2. The van der Waals surface area contributed by atoms with E-state index in [1.54, 1.807) is 0 Å². The summed E-state index contributed by atoms with van der Waals surface area (Å²) < 4.78 is 8.83. The van der Waals surface area contributed by atoms with Crippen LogP contribution in [0.3, 0.4) is 0 Å². The molecule has 1 aromatic heterocycles. The van der Waals surface area contributed by atoms with Crippen molar-refractivity contribution in [2.75, 3.05) is 6.61 Å². The highest BCUT2D eigenvalue weighted by Gasteiger charge is 2.05. The van der Waals surface area contributed by atoms with E-state index in [4.69, 9.17) is 4.74 Å². The minimum atomic E-state index is 0.484. The van der Waals surface area contributed by atoms with E-state index in [9.17, 15) is 0 Å². The van der Waals surface area contributed by atoms with Gasteiger partial charge in [0.1, 0.15) is 11.6 Å². The zero-order chi connectivity index (χ0) is 15.2. The summed E-state index contributed by atoms with van der Waals surface area (Å²) in [6, 6.07) is 6.69. The highest BCUT2D eigenvalue weighted by molar-refractivity contribution is 9.10. The second-order valence-corrected chi connectivity index (χ2v) is 6.21. The van der Waals surface area contributed by atoms with E-state index in [0.29, 0.717) is 12.6 Å². The van der Waals surface area contributed by atoms with Crippen molar-refractivity contribution in [1.82, 2.24) is 14.9 Å². The topological polar surface area (TPSA) is 39.1 Å². The van der Waals surface area contributed by atoms with Gasteiger partial charge in [0.25, 0.3) is 0 Å². The van der Waals surface area contributed by atoms with Gasteiger partial charge in [-0.1, -0.05) is 19.9 Å². The Labute approximate surface area is 134 Å². The van der Waals surface area contributed by atoms with Crippen molar-refractivity contribution >= 4 is 15.9 Å². The number of hydrogen-bond donors (Lipinski definition) is 1. The van der Waals surface area contributed by atoms with Gasteiger partial charge < -0.3 is 14.6 Å². The van der Waals surface area contributed by atoms with Gasteiger partial charge in [-0.25, -0.2) is 4.98 Å².